The molecule has 2 aromatic carbocycles. The molecule has 0 radical (unpaired) electrons. The lowest BCUT2D eigenvalue weighted by atomic mass is 9.93. The largest absolute Gasteiger partial charge is 0.507 e. The summed E-state index contributed by atoms with van der Waals surface area (Å²) in [4.78, 5) is 14.8. The first-order valence-electron chi connectivity index (χ1n) is 9.30. The van der Waals surface area contributed by atoms with E-state index in [1.54, 1.807) is 12.1 Å². The highest BCUT2D eigenvalue weighted by atomic mass is 16.3. The number of nitrogens with zero attached hydrogens (tertiary/aromatic N) is 2. The zero-order chi connectivity index (χ0) is 19.1. The molecule has 4 rings (SSSR count). The van der Waals surface area contributed by atoms with E-state index in [1.807, 2.05) is 24.0 Å². The van der Waals surface area contributed by atoms with Gasteiger partial charge in [0.25, 0.3) is 5.91 Å². The number of para-hydroxylation sites is 1. The second-order valence-corrected chi connectivity index (χ2v) is 7.19. The molecule has 1 aliphatic rings. The predicted octanol–water partition coefficient (Wildman–Crippen LogP) is 4.47. The number of hydrogen-bond acceptors (Lipinski definition) is 3. The second kappa shape index (κ2) is 6.58. The average Bonchev–Trinajstić information content (AvgIpc) is 3.21. The van der Waals surface area contributed by atoms with Crippen LogP contribution in [0.4, 0.5) is 0 Å². The zero-order valence-electron chi connectivity index (χ0n) is 15.7. The van der Waals surface area contributed by atoms with Crippen LogP contribution in [0.25, 0.3) is 11.3 Å². The van der Waals surface area contributed by atoms with Crippen molar-refractivity contribution in [3.8, 4) is 17.0 Å². The van der Waals surface area contributed by atoms with Crippen LogP contribution in [0, 0.1) is 0 Å². The van der Waals surface area contributed by atoms with E-state index in [-0.39, 0.29) is 17.7 Å². The standard InChI is InChI=1S/C22H23N3O2/c1-4-25-21(15-11-9-14(10-12-15)13(2)3)18-19(23-24-20(18)22(25)27)16-7-5-6-8-17(16)26/h5-13,21,26H,4H2,1-3H3,(H,23,24). The lowest BCUT2D eigenvalue weighted by molar-refractivity contribution is 0.0754. The Morgan fingerprint density at radius 2 is 1.85 bits per heavy atom. The number of carbonyl (C=O) groups is 1. The Labute approximate surface area is 158 Å². The first kappa shape index (κ1) is 17.3. The third-order valence-corrected chi connectivity index (χ3v) is 5.28. The van der Waals surface area contributed by atoms with Gasteiger partial charge in [0.05, 0.1) is 6.04 Å². The molecule has 1 aromatic heterocycles. The second-order valence-electron chi connectivity index (χ2n) is 7.19. The molecule has 0 aliphatic carbocycles. The van der Waals surface area contributed by atoms with Crippen LogP contribution in [-0.2, 0) is 0 Å². The third-order valence-electron chi connectivity index (χ3n) is 5.28. The Morgan fingerprint density at radius 3 is 2.48 bits per heavy atom. The van der Waals surface area contributed by atoms with Gasteiger partial charge in [-0.3, -0.25) is 9.89 Å². The molecule has 0 fully saturated rings. The topological polar surface area (TPSA) is 69.2 Å². The smallest absolute Gasteiger partial charge is 0.273 e. The molecule has 1 amide bonds. The summed E-state index contributed by atoms with van der Waals surface area (Å²) in [5, 5.41) is 17.6. The highest BCUT2D eigenvalue weighted by Crippen LogP contribution is 2.44. The van der Waals surface area contributed by atoms with Crippen molar-refractivity contribution in [1.82, 2.24) is 15.1 Å². The van der Waals surface area contributed by atoms with E-state index >= 15 is 0 Å². The van der Waals surface area contributed by atoms with E-state index in [0.29, 0.717) is 29.4 Å². The number of aromatic hydroxyl groups is 1. The van der Waals surface area contributed by atoms with Gasteiger partial charge in [0.1, 0.15) is 17.1 Å². The van der Waals surface area contributed by atoms with Crippen molar-refractivity contribution in [3.63, 3.8) is 0 Å². The molecule has 5 nitrogen and oxygen atoms in total. The van der Waals surface area contributed by atoms with E-state index in [4.69, 9.17) is 0 Å². The number of rotatable bonds is 4. The minimum absolute atomic E-state index is 0.0559. The number of benzene rings is 2. The summed E-state index contributed by atoms with van der Waals surface area (Å²) >= 11 is 0. The molecule has 2 N–H and O–H groups in total. The van der Waals surface area contributed by atoms with Gasteiger partial charge in [0.2, 0.25) is 0 Å². The fraction of sp³-hybridized carbons (Fsp3) is 0.273. The lowest BCUT2D eigenvalue weighted by Crippen LogP contribution is -2.29. The summed E-state index contributed by atoms with van der Waals surface area (Å²) in [7, 11) is 0. The number of nitrogens with one attached hydrogen (secondary N) is 1. The van der Waals surface area contributed by atoms with E-state index in [2.05, 4.69) is 48.3 Å². The highest BCUT2D eigenvalue weighted by molar-refractivity contribution is 6.00. The predicted molar refractivity (Wildman–Crippen MR) is 105 cm³/mol. The molecular formula is C22H23N3O2. The minimum Gasteiger partial charge on any atom is -0.507 e. The molecule has 0 bridgehead atoms. The van der Waals surface area contributed by atoms with Gasteiger partial charge in [0.15, 0.2) is 0 Å². The Hall–Kier alpha value is -3.08. The minimum atomic E-state index is -0.216. The number of carbonyl (C=O) groups excluding carboxylic acids is 1. The van der Waals surface area contributed by atoms with Crippen LogP contribution in [0.15, 0.2) is 48.5 Å². The van der Waals surface area contributed by atoms with Crippen LogP contribution in [0.3, 0.4) is 0 Å². The molecule has 3 aromatic rings. The molecule has 138 valence electrons. The molecule has 1 atom stereocenters. The quantitative estimate of drug-likeness (QED) is 0.720. The third kappa shape index (κ3) is 2.70. The molecule has 1 aliphatic heterocycles. The van der Waals surface area contributed by atoms with E-state index in [1.165, 1.54) is 5.56 Å². The number of hydrogen-bond donors (Lipinski definition) is 2. The first-order valence-corrected chi connectivity index (χ1v) is 9.30. The van der Waals surface area contributed by atoms with Gasteiger partial charge >= 0.3 is 0 Å². The lowest BCUT2D eigenvalue weighted by Gasteiger charge is -2.25. The van der Waals surface area contributed by atoms with E-state index in [9.17, 15) is 9.90 Å². The first-order chi connectivity index (χ1) is 13.0. The number of aromatic amines is 1. The number of aromatic nitrogens is 2. The van der Waals surface area contributed by atoms with Crippen LogP contribution in [0.5, 0.6) is 5.75 Å². The Bertz CT molecular complexity index is 989. The number of phenols is 1. The Kier molecular flexibility index (Phi) is 4.22. The number of amides is 1. The molecular weight excluding hydrogens is 338 g/mol. The van der Waals surface area contributed by atoms with Crippen molar-refractivity contribution >= 4 is 5.91 Å². The fourth-order valence-corrected chi connectivity index (χ4v) is 3.81. The van der Waals surface area contributed by atoms with Gasteiger partial charge in [-0.25, -0.2) is 0 Å². The summed E-state index contributed by atoms with van der Waals surface area (Å²) in [6.07, 6.45) is 0. The molecule has 1 unspecified atom stereocenters. The van der Waals surface area contributed by atoms with Crippen LogP contribution in [0.2, 0.25) is 0 Å². The molecule has 0 saturated carbocycles. The summed E-state index contributed by atoms with van der Waals surface area (Å²) in [6, 6.07) is 15.3. The Balaban J connectivity index is 1.87. The van der Waals surface area contributed by atoms with E-state index < -0.39 is 0 Å². The van der Waals surface area contributed by atoms with Gasteiger partial charge in [-0.1, -0.05) is 50.2 Å². The number of phenolic OH excluding ortho intramolecular Hbond substituents is 1. The van der Waals surface area contributed by atoms with Crippen molar-refractivity contribution in [2.45, 2.75) is 32.7 Å². The molecule has 27 heavy (non-hydrogen) atoms. The van der Waals surface area contributed by atoms with Crippen molar-refractivity contribution < 1.29 is 9.90 Å². The monoisotopic (exact) mass is 361 g/mol. The van der Waals surface area contributed by atoms with Crippen LogP contribution >= 0.6 is 0 Å². The maximum Gasteiger partial charge on any atom is 0.273 e. The average molecular weight is 361 g/mol. The fourth-order valence-electron chi connectivity index (χ4n) is 3.81. The normalized spacial score (nSPS) is 16.2. The van der Waals surface area contributed by atoms with Gasteiger partial charge in [-0.15, -0.1) is 0 Å². The van der Waals surface area contributed by atoms with Gasteiger partial charge in [-0.2, -0.15) is 5.10 Å². The summed E-state index contributed by atoms with van der Waals surface area (Å²) in [5.41, 5.74) is 4.91. The maximum absolute atomic E-state index is 12.9. The van der Waals surface area contributed by atoms with Crippen LogP contribution in [-0.4, -0.2) is 32.7 Å². The highest BCUT2D eigenvalue weighted by Gasteiger charge is 2.41. The molecule has 2 heterocycles. The van der Waals surface area contributed by atoms with Gasteiger partial charge in [-0.05, 0) is 36.1 Å². The maximum atomic E-state index is 12.9. The van der Waals surface area contributed by atoms with Crippen LogP contribution < -0.4 is 0 Å². The van der Waals surface area contributed by atoms with Gasteiger partial charge < -0.3 is 10.0 Å². The number of fused-ring (bicyclic) bond motifs is 1. The van der Waals surface area contributed by atoms with Crippen molar-refractivity contribution in [2.75, 3.05) is 6.54 Å². The van der Waals surface area contributed by atoms with Crippen molar-refractivity contribution in [3.05, 3.63) is 70.9 Å². The van der Waals surface area contributed by atoms with Gasteiger partial charge in [0, 0.05) is 17.7 Å². The summed E-state index contributed by atoms with van der Waals surface area (Å²) in [6.45, 7) is 6.90. The Morgan fingerprint density at radius 1 is 1.15 bits per heavy atom. The summed E-state index contributed by atoms with van der Waals surface area (Å²) < 4.78 is 0. The zero-order valence-corrected chi connectivity index (χ0v) is 15.7. The van der Waals surface area contributed by atoms with Crippen molar-refractivity contribution in [2.24, 2.45) is 0 Å². The SMILES string of the molecule is CCN1C(=O)c2[nH]nc(-c3ccccc3O)c2C1c1ccc(C(C)C)cc1. The molecule has 0 spiro atoms. The van der Waals surface area contributed by atoms with E-state index in [0.717, 1.165) is 11.1 Å². The molecule has 0 saturated heterocycles. The van der Waals surface area contributed by atoms with Crippen molar-refractivity contribution in [1.29, 1.82) is 0 Å². The number of H-pyrrole nitrogens is 1. The molecule has 5 heteroatoms. The van der Waals surface area contributed by atoms with Crippen LogP contribution in [0.1, 0.15) is 59.9 Å². The summed E-state index contributed by atoms with van der Waals surface area (Å²) in [5.74, 6) is 0.551.